The van der Waals surface area contributed by atoms with Gasteiger partial charge >= 0.3 is 0 Å². The highest BCUT2D eigenvalue weighted by molar-refractivity contribution is 9.09. The minimum atomic E-state index is -0.215. The first-order chi connectivity index (χ1) is 9.67. The van der Waals surface area contributed by atoms with E-state index in [1.165, 1.54) is 38.9 Å². The first kappa shape index (κ1) is 14.2. The molecule has 3 rings (SSSR count). The first-order valence-corrected chi connectivity index (χ1v) is 8.14. The molecule has 0 bridgehead atoms. The Morgan fingerprint density at radius 1 is 1.10 bits per heavy atom. The van der Waals surface area contributed by atoms with Crippen molar-refractivity contribution < 1.29 is 13.9 Å². The molecule has 2 fully saturated rings. The fourth-order valence-electron chi connectivity index (χ4n) is 3.77. The Balaban J connectivity index is 1.86. The first-order valence-electron chi connectivity index (χ1n) is 7.23. The van der Waals surface area contributed by atoms with Crippen LogP contribution >= 0.6 is 15.9 Å². The third-order valence-corrected chi connectivity index (χ3v) is 5.96. The summed E-state index contributed by atoms with van der Waals surface area (Å²) in [5, 5.41) is 0. The second kappa shape index (κ2) is 5.55. The number of alkyl halides is 1. The van der Waals surface area contributed by atoms with Gasteiger partial charge in [-0.25, -0.2) is 4.39 Å². The van der Waals surface area contributed by atoms with Crippen molar-refractivity contribution in [3.8, 4) is 11.5 Å². The van der Waals surface area contributed by atoms with Crippen LogP contribution < -0.4 is 9.47 Å². The van der Waals surface area contributed by atoms with Crippen molar-refractivity contribution in [3.05, 3.63) is 23.5 Å². The molecule has 0 amide bonds. The van der Waals surface area contributed by atoms with Crippen molar-refractivity contribution in [3.63, 3.8) is 0 Å². The maximum atomic E-state index is 14.3. The highest BCUT2D eigenvalue weighted by Gasteiger charge is 2.54. The van der Waals surface area contributed by atoms with E-state index in [0.717, 1.165) is 11.8 Å². The maximum absolute atomic E-state index is 14.3. The number of benzene rings is 1. The molecule has 0 spiro atoms. The second-order valence-electron chi connectivity index (χ2n) is 5.82. The molecule has 1 aromatic carbocycles. The third kappa shape index (κ3) is 2.32. The smallest absolute Gasteiger partial charge is 0.163 e. The number of fused-ring (bicyclic) bond motifs is 1. The van der Waals surface area contributed by atoms with Gasteiger partial charge in [-0.15, -0.1) is 0 Å². The van der Waals surface area contributed by atoms with E-state index < -0.39 is 0 Å². The lowest BCUT2D eigenvalue weighted by Gasteiger charge is -2.15. The lowest BCUT2D eigenvalue weighted by atomic mass is 10.0. The van der Waals surface area contributed by atoms with Gasteiger partial charge in [0.2, 0.25) is 0 Å². The zero-order chi connectivity index (χ0) is 14.3. The lowest BCUT2D eigenvalue weighted by Crippen LogP contribution is -2.01. The molecule has 0 N–H and O–H groups in total. The van der Waals surface area contributed by atoms with E-state index in [1.807, 2.05) is 0 Å². The number of hydrogen-bond donors (Lipinski definition) is 0. The molecule has 0 aliphatic heterocycles. The molecule has 0 radical (unpaired) electrons. The summed E-state index contributed by atoms with van der Waals surface area (Å²) in [6, 6.07) is 3.20. The Labute approximate surface area is 127 Å². The summed E-state index contributed by atoms with van der Waals surface area (Å²) in [4.78, 5) is 0.0791. The summed E-state index contributed by atoms with van der Waals surface area (Å²) in [5.41, 5.74) is 0.696. The monoisotopic (exact) mass is 342 g/mol. The average molecular weight is 343 g/mol. The SMILES string of the molecule is COc1cc(F)c(C(Br)C2C3CCCCC32)cc1OC. The van der Waals surface area contributed by atoms with Gasteiger partial charge in [0.25, 0.3) is 0 Å². The Morgan fingerprint density at radius 3 is 2.20 bits per heavy atom. The molecular formula is C16H20BrFO2. The van der Waals surface area contributed by atoms with E-state index in [4.69, 9.17) is 9.47 Å². The minimum Gasteiger partial charge on any atom is -0.493 e. The Morgan fingerprint density at radius 2 is 1.65 bits per heavy atom. The van der Waals surface area contributed by atoms with Crippen molar-refractivity contribution in [2.24, 2.45) is 17.8 Å². The van der Waals surface area contributed by atoms with Crippen LogP contribution in [0, 0.1) is 23.6 Å². The summed E-state index contributed by atoms with van der Waals surface area (Å²) in [6.07, 6.45) is 5.25. The van der Waals surface area contributed by atoms with E-state index in [-0.39, 0.29) is 10.6 Å². The van der Waals surface area contributed by atoms with Gasteiger partial charge in [-0.05, 0) is 36.7 Å². The molecular weight excluding hydrogens is 323 g/mol. The van der Waals surface area contributed by atoms with Crippen LogP contribution in [0.15, 0.2) is 12.1 Å². The van der Waals surface area contributed by atoms with Gasteiger partial charge in [0.05, 0.1) is 14.2 Å². The quantitative estimate of drug-likeness (QED) is 0.737. The van der Waals surface area contributed by atoms with Crippen molar-refractivity contribution in [2.75, 3.05) is 14.2 Å². The van der Waals surface area contributed by atoms with Crippen molar-refractivity contribution in [2.45, 2.75) is 30.5 Å². The van der Waals surface area contributed by atoms with Crippen molar-refractivity contribution in [1.29, 1.82) is 0 Å². The lowest BCUT2D eigenvalue weighted by molar-refractivity contribution is 0.351. The molecule has 3 atom stereocenters. The van der Waals surface area contributed by atoms with Crippen LogP contribution in [0.4, 0.5) is 4.39 Å². The molecule has 0 aromatic heterocycles. The third-order valence-electron chi connectivity index (χ3n) is 4.86. The van der Waals surface area contributed by atoms with Crippen LogP contribution in [0.2, 0.25) is 0 Å². The molecule has 2 aliphatic carbocycles. The van der Waals surface area contributed by atoms with Gasteiger partial charge in [0.1, 0.15) is 5.82 Å². The Bertz CT molecular complexity index is 493. The van der Waals surface area contributed by atoms with E-state index >= 15 is 0 Å². The fourth-order valence-corrected chi connectivity index (χ4v) is 4.91. The second-order valence-corrected chi connectivity index (χ2v) is 6.81. The Kier molecular flexibility index (Phi) is 3.93. The standard InChI is InChI=1S/C16H20BrFO2/c1-19-13-7-11(12(18)8-14(13)20-2)16(17)15-9-5-3-4-6-10(9)15/h7-10,15-16H,3-6H2,1-2H3. The van der Waals surface area contributed by atoms with E-state index in [0.29, 0.717) is 23.0 Å². The molecule has 2 aliphatic rings. The number of halogens is 2. The van der Waals surface area contributed by atoms with E-state index in [1.54, 1.807) is 13.2 Å². The minimum absolute atomic E-state index is 0.0791. The van der Waals surface area contributed by atoms with Crippen LogP contribution in [0.3, 0.4) is 0 Å². The molecule has 4 heteroatoms. The van der Waals surface area contributed by atoms with E-state index in [9.17, 15) is 4.39 Å². The zero-order valence-electron chi connectivity index (χ0n) is 11.9. The van der Waals surface area contributed by atoms with Crippen molar-refractivity contribution in [1.82, 2.24) is 0 Å². The molecule has 0 heterocycles. The summed E-state index contributed by atoms with van der Waals surface area (Å²) in [5.74, 6) is 2.96. The number of rotatable bonds is 4. The van der Waals surface area contributed by atoms with Gasteiger partial charge in [-0.1, -0.05) is 28.8 Å². The van der Waals surface area contributed by atoms with Crippen LogP contribution in [0.5, 0.6) is 11.5 Å². The van der Waals surface area contributed by atoms with Gasteiger partial charge in [0.15, 0.2) is 11.5 Å². The molecule has 1 aromatic rings. The summed E-state index contributed by atoms with van der Waals surface area (Å²) in [7, 11) is 3.11. The van der Waals surface area contributed by atoms with Gasteiger partial charge < -0.3 is 9.47 Å². The zero-order valence-corrected chi connectivity index (χ0v) is 13.5. The summed E-state index contributed by atoms with van der Waals surface area (Å²) < 4.78 is 24.7. The van der Waals surface area contributed by atoms with Gasteiger partial charge in [0, 0.05) is 16.5 Å². The molecule has 3 unspecified atom stereocenters. The summed E-state index contributed by atoms with van der Waals surface area (Å²) in [6.45, 7) is 0. The molecule has 110 valence electrons. The maximum Gasteiger partial charge on any atom is 0.163 e. The largest absolute Gasteiger partial charge is 0.493 e. The van der Waals surface area contributed by atoms with Crippen LogP contribution in [-0.4, -0.2) is 14.2 Å². The molecule has 2 nitrogen and oxygen atoms in total. The van der Waals surface area contributed by atoms with Crippen LogP contribution in [0.25, 0.3) is 0 Å². The highest BCUT2D eigenvalue weighted by Crippen LogP contribution is 2.63. The van der Waals surface area contributed by atoms with Crippen LogP contribution in [0.1, 0.15) is 36.1 Å². The Hall–Kier alpha value is -0.770. The topological polar surface area (TPSA) is 18.5 Å². The normalized spacial score (nSPS) is 29.5. The average Bonchev–Trinajstić information content (AvgIpc) is 3.20. The fraction of sp³-hybridized carbons (Fsp3) is 0.625. The molecule has 2 saturated carbocycles. The van der Waals surface area contributed by atoms with Crippen molar-refractivity contribution >= 4 is 15.9 Å². The predicted octanol–water partition coefficient (Wildman–Crippen LogP) is 4.72. The van der Waals surface area contributed by atoms with Crippen LogP contribution in [-0.2, 0) is 0 Å². The molecule has 20 heavy (non-hydrogen) atoms. The van der Waals surface area contributed by atoms with Gasteiger partial charge in [-0.2, -0.15) is 0 Å². The number of hydrogen-bond acceptors (Lipinski definition) is 2. The molecule has 0 saturated heterocycles. The number of methoxy groups -OCH3 is 2. The van der Waals surface area contributed by atoms with Gasteiger partial charge in [-0.3, -0.25) is 0 Å². The van der Waals surface area contributed by atoms with E-state index in [2.05, 4.69) is 15.9 Å². The number of ether oxygens (including phenoxy) is 2. The summed E-state index contributed by atoms with van der Waals surface area (Å²) >= 11 is 3.73. The highest BCUT2D eigenvalue weighted by atomic mass is 79.9. The predicted molar refractivity (Wildman–Crippen MR) is 80.1 cm³/mol.